The average Bonchev–Trinajstić information content (AvgIpc) is 3.11. The van der Waals surface area contributed by atoms with Crippen LogP contribution >= 0.6 is 11.9 Å². The third kappa shape index (κ3) is 5.23. The Labute approximate surface area is 147 Å². The minimum atomic E-state index is 0.753. The van der Waals surface area contributed by atoms with Crippen LogP contribution in [0.1, 0.15) is 17.0 Å². The monoisotopic (exact) mass is 338 g/mol. The summed E-state index contributed by atoms with van der Waals surface area (Å²) >= 11 is 1.77. The van der Waals surface area contributed by atoms with Gasteiger partial charge in [0.2, 0.25) is 0 Å². The van der Waals surface area contributed by atoms with E-state index < -0.39 is 0 Å². The predicted octanol–water partition coefficient (Wildman–Crippen LogP) is 3.84. The number of rotatable bonds is 8. The Kier molecular flexibility index (Phi) is 6.07. The lowest BCUT2D eigenvalue weighted by molar-refractivity contribution is 0.564. The summed E-state index contributed by atoms with van der Waals surface area (Å²) in [4.78, 5) is 8.55. The average molecular weight is 338 g/mol. The molecule has 5 heteroatoms. The van der Waals surface area contributed by atoms with Crippen molar-refractivity contribution in [2.45, 2.75) is 24.5 Å². The summed E-state index contributed by atoms with van der Waals surface area (Å²) in [7, 11) is 2.12. The standard InChI is InChI=1S/C19H22N4S/c1-23(15-17-5-3-2-4-6-17)24-18-9-7-16(8-10-18)13-20-14-19-21-11-12-22-19/h2-12,20H,13-15H2,1H3,(H,21,22). The maximum atomic E-state index is 4.20. The number of aromatic amines is 1. The Morgan fingerprint density at radius 3 is 2.50 bits per heavy atom. The first-order chi connectivity index (χ1) is 11.8. The highest BCUT2D eigenvalue weighted by atomic mass is 32.2. The summed E-state index contributed by atoms with van der Waals surface area (Å²) in [6.45, 7) is 2.52. The third-order valence-corrected chi connectivity index (χ3v) is 4.53. The van der Waals surface area contributed by atoms with Gasteiger partial charge in [-0.2, -0.15) is 0 Å². The second kappa shape index (κ2) is 8.68. The summed E-state index contributed by atoms with van der Waals surface area (Å²) in [6.07, 6.45) is 3.62. The molecule has 124 valence electrons. The number of benzene rings is 2. The predicted molar refractivity (Wildman–Crippen MR) is 99.3 cm³/mol. The minimum absolute atomic E-state index is 0.753. The zero-order valence-corrected chi connectivity index (χ0v) is 14.6. The largest absolute Gasteiger partial charge is 0.348 e. The van der Waals surface area contributed by atoms with Crippen LogP contribution in [0.5, 0.6) is 0 Å². The molecule has 0 amide bonds. The van der Waals surface area contributed by atoms with E-state index in [1.807, 2.05) is 6.20 Å². The molecule has 1 heterocycles. The molecule has 0 bridgehead atoms. The van der Waals surface area contributed by atoms with E-state index >= 15 is 0 Å². The van der Waals surface area contributed by atoms with Crippen LogP contribution in [0.2, 0.25) is 0 Å². The Bertz CT molecular complexity index is 711. The highest BCUT2D eigenvalue weighted by molar-refractivity contribution is 7.97. The number of nitrogens with zero attached hydrogens (tertiary/aromatic N) is 2. The zero-order valence-electron chi connectivity index (χ0n) is 13.8. The zero-order chi connectivity index (χ0) is 16.6. The summed E-state index contributed by atoms with van der Waals surface area (Å²) in [5.41, 5.74) is 2.60. The van der Waals surface area contributed by atoms with E-state index in [1.165, 1.54) is 16.0 Å². The molecule has 0 radical (unpaired) electrons. The van der Waals surface area contributed by atoms with E-state index in [1.54, 1.807) is 18.1 Å². The lowest BCUT2D eigenvalue weighted by atomic mass is 10.2. The minimum Gasteiger partial charge on any atom is -0.348 e. The van der Waals surface area contributed by atoms with Crippen molar-refractivity contribution in [3.63, 3.8) is 0 Å². The third-order valence-electron chi connectivity index (χ3n) is 3.61. The molecule has 0 unspecified atom stereocenters. The molecule has 3 aromatic rings. The number of H-pyrrole nitrogens is 1. The summed E-state index contributed by atoms with van der Waals surface area (Å²) in [5.74, 6) is 0.963. The molecule has 0 saturated carbocycles. The molecule has 0 atom stereocenters. The lowest BCUT2D eigenvalue weighted by Gasteiger charge is -2.15. The number of hydrogen-bond donors (Lipinski definition) is 2. The van der Waals surface area contributed by atoms with Gasteiger partial charge in [-0.15, -0.1) is 0 Å². The van der Waals surface area contributed by atoms with E-state index in [9.17, 15) is 0 Å². The van der Waals surface area contributed by atoms with E-state index in [4.69, 9.17) is 0 Å². The van der Waals surface area contributed by atoms with Gasteiger partial charge in [0, 0.05) is 30.4 Å². The van der Waals surface area contributed by atoms with Crippen molar-refractivity contribution in [2.75, 3.05) is 7.05 Å². The van der Waals surface area contributed by atoms with Gasteiger partial charge in [-0.3, -0.25) is 0 Å². The van der Waals surface area contributed by atoms with Gasteiger partial charge in [-0.1, -0.05) is 42.5 Å². The van der Waals surface area contributed by atoms with Crippen LogP contribution in [0, 0.1) is 0 Å². The molecule has 2 N–H and O–H groups in total. The summed E-state index contributed by atoms with van der Waals surface area (Å²) in [6, 6.07) is 19.2. The van der Waals surface area contributed by atoms with Crippen molar-refractivity contribution < 1.29 is 0 Å². The molecule has 1 aromatic heterocycles. The number of aromatic nitrogens is 2. The van der Waals surface area contributed by atoms with Crippen LogP contribution in [0.3, 0.4) is 0 Å². The molecule has 0 spiro atoms. The first-order valence-corrected chi connectivity index (χ1v) is 8.78. The van der Waals surface area contributed by atoms with Gasteiger partial charge < -0.3 is 10.3 Å². The van der Waals surface area contributed by atoms with Crippen molar-refractivity contribution in [3.8, 4) is 0 Å². The first-order valence-electron chi connectivity index (χ1n) is 8.00. The smallest absolute Gasteiger partial charge is 0.120 e. The molecule has 0 aliphatic rings. The maximum absolute atomic E-state index is 4.20. The Morgan fingerprint density at radius 1 is 1.00 bits per heavy atom. The van der Waals surface area contributed by atoms with E-state index in [2.05, 4.69) is 81.2 Å². The Balaban J connectivity index is 1.45. The van der Waals surface area contributed by atoms with Crippen LogP contribution < -0.4 is 5.32 Å². The summed E-state index contributed by atoms with van der Waals surface area (Å²) in [5, 5.41) is 3.39. The molecule has 3 rings (SSSR count). The molecule has 0 aliphatic carbocycles. The molecular weight excluding hydrogens is 316 g/mol. The van der Waals surface area contributed by atoms with Gasteiger partial charge >= 0.3 is 0 Å². The van der Waals surface area contributed by atoms with Gasteiger partial charge in [-0.25, -0.2) is 9.29 Å². The molecule has 2 aromatic carbocycles. The maximum Gasteiger partial charge on any atom is 0.120 e. The van der Waals surface area contributed by atoms with Gasteiger partial charge in [-0.05, 0) is 42.3 Å². The Hall–Kier alpha value is -2.08. The molecule has 24 heavy (non-hydrogen) atoms. The van der Waals surface area contributed by atoms with E-state index in [0.717, 1.165) is 25.5 Å². The number of hydrogen-bond acceptors (Lipinski definition) is 4. The molecule has 0 aliphatic heterocycles. The van der Waals surface area contributed by atoms with Crippen LogP contribution in [0.15, 0.2) is 71.9 Å². The van der Waals surface area contributed by atoms with Gasteiger partial charge in [0.15, 0.2) is 0 Å². The van der Waals surface area contributed by atoms with Crippen molar-refractivity contribution in [2.24, 2.45) is 0 Å². The topological polar surface area (TPSA) is 44.0 Å². The van der Waals surface area contributed by atoms with Crippen LogP contribution in [-0.2, 0) is 19.6 Å². The highest BCUT2D eigenvalue weighted by Gasteiger charge is 2.03. The quantitative estimate of drug-likeness (QED) is 0.613. The van der Waals surface area contributed by atoms with Crippen LogP contribution in [-0.4, -0.2) is 21.3 Å². The fourth-order valence-corrected chi connectivity index (χ4v) is 3.27. The normalized spacial score (nSPS) is 11.1. The van der Waals surface area contributed by atoms with Crippen molar-refractivity contribution in [1.82, 2.24) is 19.6 Å². The van der Waals surface area contributed by atoms with Crippen molar-refractivity contribution in [1.29, 1.82) is 0 Å². The first kappa shape index (κ1) is 16.8. The fraction of sp³-hybridized carbons (Fsp3) is 0.211. The summed E-state index contributed by atoms with van der Waals surface area (Å²) < 4.78 is 2.25. The molecule has 0 fully saturated rings. The van der Waals surface area contributed by atoms with E-state index in [0.29, 0.717) is 0 Å². The highest BCUT2D eigenvalue weighted by Crippen LogP contribution is 2.23. The van der Waals surface area contributed by atoms with Gasteiger partial charge in [0.1, 0.15) is 5.82 Å². The van der Waals surface area contributed by atoms with Crippen LogP contribution in [0.4, 0.5) is 0 Å². The fourth-order valence-electron chi connectivity index (χ4n) is 2.44. The van der Waals surface area contributed by atoms with Gasteiger partial charge in [0.25, 0.3) is 0 Å². The van der Waals surface area contributed by atoms with Crippen molar-refractivity contribution in [3.05, 3.63) is 83.9 Å². The van der Waals surface area contributed by atoms with Crippen LogP contribution in [0.25, 0.3) is 0 Å². The molecule has 0 saturated heterocycles. The Morgan fingerprint density at radius 2 is 1.79 bits per heavy atom. The molecule has 4 nitrogen and oxygen atoms in total. The number of imidazole rings is 1. The van der Waals surface area contributed by atoms with E-state index in [-0.39, 0.29) is 0 Å². The second-order valence-corrected chi connectivity index (χ2v) is 6.92. The number of nitrogens with one attached hydrogen (secondary N) is 2. The SMILES string of the molecule is CN(Cc1ccccc1)Sc1ccc(CNCc2ncc[nH]2)cc1. The lowest BCUT2D eigenvalue weighted by Crippen LogP contribution is -2.13. The van der Waals surface area contributed by atoms with Crippen molar-refractivity contribution >= 4 is 11.9 Å². The van der Waals surface area contributed by atoms with Gasteiger partial charge in [0.05, 0.1) is 6.54 Å². The second-order valence-electron chi connectivity index (χ2n) is 5.65. The molecular formula is C19H22N4S.